The van der Waals surface area contributed by atoms with E-state index in [0.29, 0.717) is 24.5 Å². The van der Waals surface area contributed by atoms with E-state index in [9.17, 15) is 4.79 Å². The van der Waals surface area contributed by atoms with Gasteiger partial charge in [0.25, 0.3) is 5.78 Å². The first-order valence-corrected chi connectivity index (χ1v) is 5.34. The van der Waals surface area contributed by atoms with Crippen molar-refractivity contribution < 1.29 is 19.0 Å². The molecule has 0 atom stereocenters. The van der Waals surface area contributed by atoms with Crippen LogP contribution in [0.2, 0.25) is 0 Å². The third-order valence-electron chi connectivity index (χ3n) is 2.32. The van der Waals surface area contributed by atoms with Crippen molar-refractivity contribution >= 4 is 5.78 Å². The van der Waals surface area contributed by atoms with Gasteiger partial charge in [0, 0.05) is 0 Å². The van der Waals surface area contributed by atoms with Gasteiger partial charge >= 0.3 is 5.97 Å². The number of ether oxygens (including phenoxy) is 3. The van der Waals surface area contributed by atoms with Crippen molar-refractivity contribution in [1.82, 2.24) is 0 Å². The van der Waals surface area contributed by atoms with Crippen molar-refractivity contribution in [3.63, 3.8) is 0 Å². The Morgan fingerprint density at radius 1 is 1.19 bits per heavy atom. The lowest BCUT2D eigenvalue weighted by atomic mass is 10.1. The highest BCUT2D eigenvalue weighted by Gasteiger charge is 2.50. The third kappa shape index (κ3) is 1.60. The van der Waals surface area contributed by atoms with E-state index in [1.807, 2.05) is 0 Å². The molecule has 0 saturated carbocycles. The molecular formula is C12H14O4. The predicted octanol–water partition coefficient (Wildman–Crippen LogP) is 1.99. The molecule has 0 radical (unpaired) electrons. The number of hydrogen-bond donors (Lipinski definition) is 0. The summed E-state index contributed by atoms with van der Waals surface area (Å²) < 4.78 is 16.2. The van der Waals surface area contributed by atoms with Gasteiger partial charge in [0.05, 0.1) is 18.8 Å². The number of carbonyl (C=O) groups is 1. The van der Waals surface area contributed by atoms with E-state index in [-0.39, 0.29) is 5.78 Å². The monoisotopic (exact) mass is 222 g/mol. The molecule has 4 heteroatoms. The van der Waals surface area contributed by atoms with Crippen molar-refractivity contribution in [2.45, 2.75) is 19.8 Å². The highest BCUT2D eigenvalue weighted by atomic mass is 16.9. The molecule has 0 spiro atoms. The molecule has 0 aliphatic carbocycles. The summed E-state index contributed by atoms with van der Waals surface area (Å²) in [6, 6.07) is 7.03. The first kappa shape index (κ1) is 11.1. The Labute approximate surface area is 94.1 Å². The Hall–Kier alpha value is -1.39. The van der Waals surface area contributed by atoms with Crippen LogP contribution in [0.3, 0.4) is 0 Å². The molecule has 1 heterocycles. The van der Waals surface area contributed by atoms with Crippen molar-refractivity contribution in [2.24, 2.45) is 0 Å². The van der Waals surface area contributed by atoms with Gasteiger partial charge in [-0.15, -0.1) is 0 Å². The summed E-state index contributed by atoms with van der Waals surface area (Å²) in [7, 11) is 0. The van der Waals surface area contributed by atoms with E-state index in [4.69, 9.17) is 14.2 Å². The number of para-hydroxylation sites is 1. The standard InChI is InChI=1S/C12H14O4/c1-3-14-12(15-4-2)11(13)9-7-5-6-8-10(9)16-12/h5-8H,3-4H2,1-2H3. The Morgan fingerprint density at radius 2 is 1.81 bits per heavy atom. The molecule has 0 fully saturated rings. The second-order valence-corrected chi connectivity index (χ2v) is 3.35. The van der Waals surface area contributed by atoms with Crippen molar-refractivity contribution in [3.05, 3.63) is 29.8 Å². The summed E-state index contributed by atoms with van der Waals surface area (Å²) in [4.78, 5) is 12.1. The number of rotatable bonds is 4. The first-order valence-electron chi connectivity index (χ1n) is 5.34. The molecule has 0 bridgehead atoms. The minimum atomic E-state index is -1.58. The van der Waals surface area contributed by atoms with Gasteiger partial charge in [-0.2, -0.15) is 0 Å². The van der Waals surface area contributed by atoms with Gasteiger partial charge < -0.3 is 14.2 Å². The van der Waals surface area contributed by atoms with Crippen molar-refractivity contribution in [3.8, 4) is 5.75 Å². The molecule has 1 aromatic rings. The molecule has 0 saturated heterocycles. The molecule has 0 aromatic heterocycles. The Kier molecular flexibility index (Phi) is 2.94. The topological polar surface area (TPSA) is 44.8 Å². The number of carbonyl (C=O) groups excluding carboxylic acids is 1. The second-order valence-electron chi connectivity index (χ2n) is 3.35. The summed E-state index contributed by atoms with van der Waals surface area (Å²) in [6.07, 6.45) is 0. The summed E-state index contributed by atoms with van der Waals surface area (Å²) >= 11 is 0. The molecule has 1 aromatic carbocycles. The first-order chi connectivity index (χ1) is 7.73. The zero-order valence-electron chi connectivity index (χ0n) is 9.36. The minimum absolute atomic E-state index is 0.271. The van der Waals surface area contributed by atoms with Crippen LogP contribution >= 0.6 is 0 Å². The molecule has 0 unspecified atom stereocenters. The van der Waals surface area contributed by atoms with Crippen LogP contribution in [0.25, 0.3) is 0 Å². The Bertz CT molecular complexity index is 394. The van der Waals surface area contributed by atoms with E-state index in [1.54, 1.807) is 38.1 Å². The number of ketones is 1. The van der Waals surface area contributed by atoms with Crippen molar-refractivity contribution in [1.29, 1.82) is 0 Å². The molecule has 86 valence electrons. The van der Waals surface area contributed by atoms with Crippen LogP contribution in [0.1, 0.15) is 24.2 Å². The highest BCUT2D eigenvalue weighted by Crippen LogP contribution is 2.36. The zero-order valence-corrected chi connectivity index (χ0v) is 9.36. The summed E-state index contributed by atoms with van der Waals surface area (Å²) in [5.74, 6) is -1.34. The normalized spacial score (nSPS) is 17.0. The maximum Gasteiger partial charge on any atom is 0.396 e. The average molecular weight is 222 g/mol. The smallest absolute Gasteiger partial charge is 0.396 e. The molecular weight excluding hydrogens is 208 g/mol. The predicted molar refractivity (Wildman–Crippen MR) is 57.4 cm³/mol. The highest BCUT2D eigenvalue weighted by molar-refractivity contribution is 6.05. The zero-order chi connectivity index (χ0) is 11.6. The van der Waals surface area contributed by atoms with E-state index < -0.39 is 5.97 Å². The molecule has 0 amide bonds. The van der Waals surface area contributed by atoms with Crippen LogP contribution in [0.5, 0.6) is 5.75 Å². The van der Waals surface area contributed by atoms with E-state index in [2.05, 4.69) is 0 Å². The van der Waals surface area contributed by atoms with Gasteiger partial charge in [-0.3, -0.25) is 4.79 Å². The molecule has 1 aliphatic rings. The number of fused-ring (bicyclic) bond motifs is 1. The lowest BCUT2D eigenvalue weighted by Crippen LogP contribution is -2.46. The van der Waals surface area contributed by atoms with Gasteiger partial charge in [0.1, 0.15) is 5.75 Å². The van der Waals surface area contributed by atoms with Gasteiger partial charge in [0.15, 0.2) is 0 Å². The lowest BCUT2D eigenvalue weighted by Gasteiger charge is -2.25. The molecule has 1 aliphatic heterocycles. The van der Waals surface area contributed by atoms with Crippen LogP contribution < -0.4 is 4.74 Å². The number of hydrogen-bond acceptors (Lipinski definition) is 4. The molecule has 16 heavy (non-hydrogen) atoms. The van der Waals surface area contributed by atoms with Crippen molar-refractivity contribution in [2.75, 3.05) is 13.2 Å². The molecule has 0 N–H and O–H groups in total. The van der Waals surface area contributed by atoms with Crippen LogP contribution in [0.4, 0.5) is 0 Å². The van der Waals surface area contributed by atoms with Gasteiger partial charge in [-0.25, -0.2) is 0 Å². The number of benzene rings is 1. The largest absolute Gasteiger partial charge is 0.432 e. The van der Waals surface area contributed by atoms with Crippen LogP contribution in [0, 0.1) is 0 Å². The summed E-state index contributed by atoms with van der Waals surface area (Å²) in [5.41, 5.74) is 0.504. The fourth-order valence-corrected chi connectivity index (χ4v) is 1.71. The molecule has 2 rings (SSSR count). The van der Waals surface area contributed by atoms with E-state index in [1.165, 1.54) is 0 Å². The quantitative estimate of drug-likeness (QED) is 0.731. The summed E-state index contributed by atoms with van der Waals surface area (Å²) in [5, 5.41) is 0. The van der Waals surface area contributed by atoms with Gasteiger partial charge in [0.2, 0.25) is 0 Å². The third-order valence-corrected chi connectivity index (χ3v) is 2.32. The second kappa shape index (κ2) is 4.23. The van der Waals surface area contributed by atoms with Crippen LogP contribution in [-0.2, 0) is 9.47 Å². The van der Waals surface area contributed by atoms with Crippen LogP contribution in [-0.4, -0.2) is 25.0 Å². The van der Waals surface area contributed by atoms with Crippen LogP contribution in [0.15, 0.2) is 24.3 Å². The maximum atomic E-state index is 12.1. The fraction of sp³-hybridized carbons (Fsp3) is 0.417. The van der Waals surface area contributed by atoms with Gasteiger partial charge in [-0.1, -0.05) is 12.1 Å². The Morgan fingerprint density at radius 3 is 2.38 bits per heavy atom. The van der Waals surface area contributed by atoms with Gasteiger partial charge in [-0.05, 0) is 26.0 Å². The lowest BCUT2D eigenvalue weighted by molar-refractivity contribution is -0.295. The number of Topliss-reactive ketones (excluding diaryl/α,β-unsaturated/α-hetero) is 1. The molecule has 4 nitrogen and oxygen atoms in total. The fourth-order valence-electron chi connectivity index (χ4n) is 1.71. The maximum absolute atomic E-state index is 12.1. The summed E-state index contributed by atoms with van der Waals surface area (Å²) in [6.45, 7) is 4.28. The van der Waals surface area contributed by atoms with E-state index in [0.717, 1.165) is 0 Å². The van der Waals surface area contributed by atoms with E-state index >= 15 is 0 Å². The Balaban J connectivity index is 2.36. The average Bonchev–Trinajstić information content (AvgIpc) is 2.54. The minimum Gasteiger partial charge on any atom is -0.432 e. The SMILES string of the molecule is CCOC1(OCC)Oc2ccccc2C1=O.